The standard InChI is InChI=1S/C11H13ClN2O2/c1-8(2)13-14-11(15)7-16-10-5-3-4-9(12)6-10/h3-6H,7H2,1-2H3,(H,14,15). The number of ether oxygens (including phenoxy) is 1. The first-order valence-corrected chi connectivity index (χ1v) is 5.14. The van der Waals surface area contributed by atoms with E-state index in [-0.39, 0.29) is 12.5 Å². The lowest BCUT2D eigenvalue weighted by molar-refractivity contribution is -0.123. The number of halogens is 1. The number of benzene rings is 1. The second-order valence-electron chi connectivity index (χ2n) is 3.34. The Balaban J connectivity index is 2.40. The molecule has 1 rings (SSSR count). The van der Waals surface area contributed by atoms with Crippen LogP contribution in [0.25, 0.3) is 0 Å². The fraction of sp³-hybridized carbons (Fsp3) is 0.273. The Morgan fingerprint density at radius 1 is 1.50 bits per heavy atom. The molecule has 0 bridgehead atoms. The molecule has 1 aromatic rings. The van der Waals surface area contributed by atoms with Crippen LogP contribution in [0.15, 0.2) is 29.4 Å². The predicted molar refractivity (Wildman–Crippen MR) is 63.9 cm³/mol. The summed E-state index contributed by atoms with van der Waals surface area (Å²) in [5, 5.41) is 4.34. The van der Waals surface area contributed by atoms with Gasteiger partial charge in [0, 0.05) is 10.7 Å². The van der Waals surface area contributed by atoms with Gasteiger partial charge >= 0.3 is 0 Å². The Morgan fingerprint density at radius 2 is 2.25 bits per heavy atom. The lowest BCUT2D eigenvalue weighted by Gasteiger charge is -2.05. The van der Waals surface area contributed by atoms with Crippen molar-refractivity contribution >= 4 is 23.2 Å². The molecule has 0 fully saturated rings. The van der Waals surface area contributed by atoms with E-state index in [1.807, 2.05) is 0 Å². The van der Waals surface area contributed by atoms with E-state index < -0.39 is 0 Å². The second-order valence-corrected chi connectivity index (χ2v) is 3.78. The summed E-state index contributed by atoms with van der Waals surface area (Å²) in [6.07, 6.45) is 0. The molecule has 0 heterocycles. The lowest BCUT2D eigenvalue weighted by Crippen LogP contribution is -2.25. The highest BCUT2D eigenvalue weighted by Crippen LogP contribution is 2.16. The number of nitrogens with zero attached hydrogens (tertiary/aromatic N) is 1. The van der Waals surface area contributed by atoms with E-state index >= 15 is 0 Å². The molecule has 4 nitrogen and oxygen atoms in total. The number of hydrazone groups is 1. The van der Waals surface area contributed by atoms with Crippen LogP contribution in [0, 0.1) is 0 Å². The molecule has 0 aliphatic rings. The zero-order valence-electron chi connectivity index (χ0n) is 9.16. The summed E-state index contributed by atoms with van der Waals surface area (Å²) in [6, 6.07) is 6.86. The monoisotopic (exact) mass is 240 g/mol. The number of carbonyl (C=O) groups is 1. The molecule has 0 radical (unpaired) electrons. The van der Waals surface area contributed by atoms with Crippen molar-refractivity contribution in [2.45, 2.75) is 13.8 Å². The van der Waals surface area contributed by atoms with Crippen molar-refractivity contribution in [2.75, 3.05) is 6.61 Å². The lowest BCUT2D eigenvalue weighted by atomic mass is 10.3. The Morgan fingerprint density at radius 3 is 2.88 bits per heavy atom. The van der Waals surface area contributed by atoms with Crippen LogP contribution >= 0.6 is 11.6 Å². The van der Waals surface area contributed by atoms with Gasteiger partial charge in [-0.05, 0) is 32.0 Å². The fourth-order valence-electron chi connectivity index (χ4n) is 0.912. The van der Waals surface area contributed by atoms with Gasteiger partial charge in [0.05, 0.1) is 0 Å². The number of hydrogen-bond donors (Lipinski definition) is 1. The molecule has 1 N–H and O–H groups in total. The maximum absolute atomic E-state index is 11.2. The van der Waals surface area contributed by atoms with Gasteiger partial charge in [-0.2, -0.15) is 5.10 Å². The van der Waals surface area contributed by atoms with Crippen LogP contribution in [0.3, 0.4) is 0 Å². The van der Waals surface area contributed by atoms with Crippen molar-refractivity contribution in [2.24, 2.45) is 5.10 Å². The fourth-order valence-corrected chi connectivity index (χ4v) is 1.09. The number of amides is 1. The third-order valence-electron chi connectivity index (χ3n) is 1.57. The van der Waals surface area contributed by atoms with Crippen molar-refractivity contribution in [1.29, 1.82) is 0 Å². The Hall–Kier alpha value is -1.55. The minimum Gasteiger partial charge on any atom is -0.484 e. The van der Waals surface area contributed by atoms with E-state index in [1.165, 1.54) is 0 Å². The van der Waals surface area contributed by atoms with Crippen molar-refractivity contribution in [1.82, 2.24) is 5.43 Å². The Kier molecular flexibility index (Phi) is 4.79. The Bertz CT molecular complexity index is 401. The van der Waals surface area contributed by atoms with Gasteiger partial charge in [0.15, 0.2) is 6.61 Å². The first-order chi connectivity index (χ1) is 7.58. The maximum Gasteiger partial charge on any atom is 0.277 e. The molecule has 86 valence electrons. The molecule has 0 aliphatic heterocycles. The molecule has 16 heavy (non-hydrogen) atoms. The molecule has 0 saturated heterocycles. The van der Waals surface area contributed by atoms with Gasteiger partial charge in [0.1, 0.15) is 5.75 Å². The van der Waals surface area contributed by atoms with Gasteiger partial charge in [-0.25, -0.2) is 5.43 Å². The third-order valence-corrected chi connectivity index (χ3v) is 1.81. The number of rotatable bonds is 4. The van der Waals surface area contributed by atoms with Gasteiger partial charge in [-0.1, -0.05) is 17.7 Å². The number of hydrogen-bond acceptors (Lipinski definition) is 3. The highest BCUT2D eigenvalue weighted by Gasteiger charge is 2.01. The second kappa shape index (κ2) is 6.12. The molecule has 1 aromatic carbocycles. The average Bonchev–Trinajstić information content (AvgIpc) is 2.23. The molecule has 0 unspecified atom stereocenters. The maximum atomic E-state index is 11.2. The van der Waals surface area contributed by atoms with Crippen LogP contribution < -0.4 is 10.2 Å². The van der Waals surface area contributed by atoms with E-state index in [2.05, 4.69) is 10.5 Å². The Labute approximate surface area is 99.2 Å². The summed E-state index contributed by atoms with van der Waals surface area (Å²) in [5.41, 5.74) is 3.13. The summed E-state index contributed by atoms with van der Waals surface area (Å²) in [6.45, 7) is 3.49. The third kappa shape index (κ3) is 4.79. The average molecular weight is 241 g/mol. The van der Waals surface area contributed by atoms with E-state index in [1.54, 1.807) is 38.1 Å². The molecule has 1 amide bonds. The molecular formula is C11H13ClN2O2. The summed E-state index contributed by atoms with van der Waals surface area (Å²) in [4.78, 5) is 11.2. The summed E-state index contributed by atoms with van der Waals surface area (Å²) in [7, 11) is 0. The predicted octanol–water partition coefficient (Wildman–Crippen LogP) is 2.23. The number of nitrogens with one attached hydrogen (secondary N) is 1. The normalized spacial score (nSPS) is 9.44. The van der Waals surface area contributed by atoms with Gasteiger partial charge < -0.3 is 4.74 Å². The summed E-state index contributed by atoms with van der Waals surface area (Å²) in [5.74, 6) is 0.251. The van der Waals surface area contributed by atoms with Crippen LogP contribution in [0.1, 0.15) is 13.8 Å². The first-order valence-electron chi connectivity index (χ1n) is 4.76. The molecular weight excluding hydrogens is 228 g/mol. The van der Waals surface area contributed by atoms with E-state index in [0.717, 1.165) is 5.71 Å². The van der Waals surface area contributed by atoms with Gasteiger partial charge in [-0.15, -0.1) is 0 Å². The van der Waals surface area contributed by atoms with E-state index in [0.29, 0.717) is 10.8 Å². The van der Waals surface area contributed by atoms with E-state index in [9.17, 15) is 4.79 Å². The van der Waals surface area contributed by atoms with Crippen molar-refractivity contribution in [3.05, 3.63) is 29.3 Å². The molecule has 0 aliphatic carbocycles. The van der Waals surface area contributed by atoms with Crippen LogP contribution in [0.2, 0.25) is 5.02 Å². The van der Waals surface area contributed by atoms with E-state index in [4.69, 9.17) is 16.3 Å². The first kappa shape index (κ1) is 12.5. The molecule has 0 atom stereocenters. The smallest absolute Gasteiger partial charge is 0.277 e. The SMILES string of the molecule is CC(C)=NNC(=O)COc1cccc(Cl)c1. The molecule has 0 saturated carbocycles. The van der Waals surface area contributed by atoms with Gasteiger partial charge in [0.2, 0.25) is 0 Å². The van der Waals surface area contributed by atoms with Crippen LogP contribution in [-0.2, 0) is 4.79 Å². The summed E-state index contributed by atoms with van der Waals surface area (Å²) >= 11 is 5.76. The zero-order valence-corrected chi connectivity index (χ0v) is 9.91. The van der Waals surface area contributed by atoms with Crippen LogP contribution in [0.5, 0.6) is 5.75 Å². The van der Waals surface area contributed by atoms with Gasteiger partial charge in [0.25, 0.3) is 5.91 Å². The van der Waals surface area contributed by atoms with Crippen LogP contribution in [0.4, 0.5) is 0 Å². The molecule has 0 spiro atoms. The minimum atomic E-state index is -0.304. The zero-order chi connectivity index (χ0) is 12.0. The molecule has 0 aromatic heterocycles. The highest BCUT2D eigenvalue weighted by atomic mass is 35.5. The number of carbonyl (C=O) groups excluding carboxylic acids is 1. The quantitative estimate of drug-likeness (QED) is 0.648. The van der Waals surface area contributed by atoms with Crippen molar-refractivity contribution < 1.29 is 9.53 Å². The minimum absolute atomic E-state index is 0.0862. The van der Waals surface area contributed by atoms with Gasteiger partial charge in [-0.3, -0.25) is 4.79 Å². The van der Waals surface area contributed by atoms with Crippen molar-refractivity contribution in [3.63, 3.8) is 0 Å². The van der Waals surface area contributed by atoms with Crippen LogP contribution in [-0.4, -0.2) is 18.2 Å². The topological polar surface area (TPSA) is 50.7 Å². The van der Waals surface area contributed by atoms with Crippen molar-refractivity contribution in [3.8, 4) is 5.75 Å². The largest absolute Gasteiger partial charge is 0.484 e. The molecule has 5 heteroatoms. The highest BCUT2D eigenvalue weighted by molar-refractivity contribution is 6.30. The summed E-state index contributed by atoms with van der Waals surface area (Å²) < 4.78 is 5.22.